The Morgan fingerprint density at radius 3 is 2.85 bits per heavy atom. The molecule has 2 heterocycles. The number of benzene rings is 1. The van der Waals surface area contributed by atoms with Crippen molar-refractivity contribution in [1.82, 2.24) is 20.4 Å². The summed E-state index contributed by atoms with van der Waals surface area (Å²) in [5, 5.41) is 11.3. The summed E-state index contributed by atoms with van der Waals surface area (Å²) in [6, 6.07) is 6.61. The van der Waals surface area contributed by atoms with Crippen molar-refractivity contribution in [1.29, 1.82) is 0 Å². The first kappa shape index (κ1) is 18.9. The number of carbonyl (C=O) groups excluding carboxylic acids is 1. The molecule has 1 fully saturated rings. The summed E-state index contributed by atoms with van der Waals surface area (Å²) in [7, 11) is 0. The number of piperidine rings is 1. The molecule has 6 heteroatoms. The van der Waals surface area contributed by atoms with Gasteiger partial charge in [-0.2, -0.15) is 5.10 Å². The number of hydrogen-bond acceptors (Lipinski definition) is 3. The Bertz CT molecular complexity index is 808. The van der Waals surface area contributed by atoms with Crippen molar-refractivity contribution >= 4 is 18.3 Å². The van der Waals surface area contributed by atoms with E-state index in [0.29, 0.717) is 5.69 Å². The van der Waals surface area contributed by atoms with Gasteiger partial charge in [-0.25, -0.2) is 4.68 Å². The smallest absolute Gasteiger partial charge is 0.272 e. The summed E-state index contributed by atoms with van der Waals surface area (Å²) in [4.78, 5) is 12.8. The lowest BCUT2D eigenvalue weighted by Crippen LogP contribution is -2.45. The third kappa shape index (κ3) is 3.51. The molecule has 2 aliphatic rings. The van der Waals surface area contributed by atoms with Crippen LogP contribution in [-0.2, 0) is 12.8 Å². The van der Waals surface area contributed by atoms with Crippen molar-refractivity contribution in [2.24, 2.45) is 0 Å². The van der Waals surface area contributed by atoms with Crippen molar-refractivity contribution in [2.75, 3.05) is 13.1 Å². The molecule has 0 spiro atoms. The fraction of sp³-hybridized carbons (Fsp3) is 0.500. The lowest BCUT2D eigenvalue weighted by molar-refractivity contribution is 0.0924. The van der Waals surface area contributed by atoms with Gasteiger partial charge in [0.2, 0.25) is 0 Å². The van der Waals surface area contributed by atoms with E-state index >= 15 is 0 Å². The van der Waals surface area contributed by atoms with Crippen molar-refractivity contribution in [3.8, 4) is 5.69 Å². The fourth-order valence-corrected chi connectivity index (χ4v) is 4.09. The van der Waals surface area contributed by atoms with Crippen LogP contribution in [0, 0.1) is 13.8 Å². The molecule has 0 radical (unpaired) electrons. The molecule has 26 heavy (non-hydrogen) atoms. The minimum Gasteiger partial charge on any atom is -0.347 e. The molecule has 0 unspecified atom stereocenters. The van der Waals surface area contributed by atoms with E-state index in [4.69, 9.17) is 5.10 Å². The van der Waals surface area contributed by atoms with Gasteiger partial charge in [0.1, 0.15) is 0 Å². The summed E-state index contributed by atoms with van der Waals surface area (Å²) in [6.07, 6.45) is 5.20. The summed E-state index contributed by atoms with van der Waals surface area (Å²) in [6.45, 7) is 6.11. The molecular weight excluding hydrogens is 348 g/mol. The van der Waals surface area contributed by atoms with Gasteiger partial charge in [0.05, 0.1) is 5.69 Å². The van der Waals surface area contributed by atoms with E-state index in [9.17, 15) is 4.79 Å². The first-order valence-corrected chi connectivity index (χ1v) is 9.33. The number of aromatic nitrogens is 2. The van der Waals surface area contributed by atoms with Crippen LogP contribution in [0.3, 0.4) is 0 Å². The highest BCUT2D eigenvalue weighted by Crippen LogP contribution is 2.29. The van der Waals surface area contributed by atoms with E-state index in [1.165, 1.54) is 16.8 Å². The SMILES string of the molecule is Cc1ccc(-n2nc(C(=O)N[C@H]3CCCNC3)c3c2CCC3)c(C)c1.Cl. The molecule has 1 saturated heterocycles. The van der Waals surface area contributed by atoms with Gasteiger partial charge in [0.15, 0.2) is 5.69 Å². The Hall–Kier alpha value is -1.85. The van der Waals surface area contributed by atoms with Gasteiger partial charge in [-0.1, -0.05) is 17.7 Å². The first-order chi connectivity index (χ1) is 12.1. The third-order valence-electron chi connectivity index (χ3n) is 5.36. The molecule has 140 valence electrons. The molecule has 2 N–H and O–H groups in total. The van der Waals surface area contributed by atoms with Gasteiger partial charge >= 0.3 is 0 Å². The van der Waals surface area contributed by atoms with Crippen LogP contribution in [0.2, 0.25) is 0 Å². The number of rotatable bonds is 3. The molecule has 1 atom stereocenters. The highest BCUT2D eigenvalue weighted by molar-refractivity contribution is 5.94. The highest BCUT2D eigenvalue weighted by atomic mass is 35.5. The summed E-state index contributed by atoms with van der Waals surface area (Å²) in [5.41, 5.74) is 6.49. The van der Waals surface area contributed by atoms with E-state index in [-0.39, 0.29) is 24.4 Å². The van der Waals surface area contributed by atoms with Crippen molar-refractivity contribution in [2.45, 2.75) is 52.0 Å². The van der Waals surface area contributed by atoms with Crippen molar-refractivity contribution < 1.29 is 4.79 Å². The van der Waals surface area contributed by atoms with Gasteiger partial charge in [0, 0.05) is 23.8 Å². The second-order valence-corrected chi connectivity index (χ2v) is 7.35. The van der Waals surface area contributed by atoms with E-state index in [1.807, 2.05) is 4.68 Å². The maximum Gasteiger partial charge on any atom is 0.272 e. The molecular formula is C20H27ClN4O. The van der Waals surface area contributed by atoms with Crippen LogP contribution >= 0.6 is 12.4 Å². The normalized spacial score (nSPS) is 18.9. The van der Waals surface area contributed by atoms with Crippen LogP contribution in [-0.4, -0.2) is 34.8 Å². The molecule has 5 nitrogen and oxygen atoms in total. The topological polar surface area (TPSA) is 59.0 Å². The molecule has 0 bridgehead atoms. The van der Waals surface area contributed by atoms with Gasteiger partial charge < -0.3 is 10.6 Å². The van der Waals surface area contributed by atoms with Crippen LogP contribution in [0.4, 0.5) is 0 Å². The zero-order valence-corrected chi connectivity index (χ0v) is 16.3. The summed E-state index contributed by atoms with van der Waals surface area (Å²) < 4.78 is 2.01. The lowest BCUT2D eigenvalue weighted by atomic mass is 10.1. The molecule has 4 rings (SSSR count). The molecule has 1 aliphatic heterocycles. The Kier molecular flexibility index (Phi) is 5.68. The van der Waals surface area contributed by atoms with Crippen LogP contribution in [0.25, 0.3) is 5.69 Å². The zero-order chi connectivity index (χ0) is 17.4. The summed E-state index contributed by atoms with van der Waals surface area (Å²) >= 11 is 0. The molecule has 1 aromatic heterocycles. The van der Waals surface area contributed by atoms with Crippen molar-refractivity contribution in [3.63, 3.8) is 0 Å². The van der Waals surface area contributed by atoms with E-state index < -0.39 is 0 Å². The largest absolute Gasteiger partial charge is 0.347 e. The predicted molar refractivity (Wildman–Crippen MR) is 106 cm³/mol. The second-order valence-electron chi connectivity index (χ2n) is 7.35. The highest BCUT2D eigenvalue weighted by Gasteiger charge is 2.28. The Labute approximate surface area is 161 Å². The number of carbonyl (C=O) groups is 1. The van der Waals surface area contributed by atoms with Gasteiger partial charge in [-0.05, 0) is 64.1 Å². The maximum atomic E-state index is 12.8. The van der Waals surface area contributed by atoms with Crippen molar-refractivity contribution in [3.05, 3.63) is 46.3 Å². The maximum absolute atomic E-state index is 12.8. The zero-order valence-electron chi connectivity index (χ0n) is 15.5. The molecule has 1 aliphatic carbocycles. The fourth-order valence-electron chi connectivity index (χ4n) is 4.09. The average molecular weight is 375 g/mol. The minimum atomic E-state index is -0.0182. The summed E-state index contributed by atoms with van der Waals surface area (Å²) in [5.74, 6) is -0.0182. The van der Waals surface area contributed by atoms with Crippen LogP contribution in [0.5, 0.6) is 0 Å². The number of fused-ring (bicyclic) bond motifs is 1. The minimum absolute atomic E-state index is 0. The lowest BCUT2D eigenvalue weighted by Gasteiger charge is -2.23. The number of halogens is 1. The van der Waals surface area contributed by atoms with Gasteiger partial charge in [0.25, 0.3) is 5.91 Å². The number of hydrogen-bond donors (Lipinski definition) is 2. The average Bonchev–Trinajstić information content (AvgIpc) is 3.18. The standard InChI is InChI=1S/C20H26N4O.ClH/c1-13-8-9-17(14(2)11-13)24-18-7-3-6-16(18)19(23-24)20(25)22-15-5-4-10-21-12-15;/h8-9,11,15,21H,3-7,10,12H2,1-2H3,(H,22,25);1H/t15-;/m0./s1. The third-order valence-corrected chi connectivity index (χ3v) is 5.36. The number of amides is 1. The predicted octanol–water partition coefficient (Wildman–Crippen LogP) is 2.88. The molecule has 2 aromatic rings. The van der Waals surface area contributed by atoms with Gasteiger partial charge in [-0.15, -0.1) is 12.4 Å². The van der Waals surface area contributed by atoms with E-state index in [0.717, 1.165) is 56.4 Å². The van der Waals surface area contributed by atoms with Crippen LogP contribution < -0.4 is 10.6 Å². The van der Waals surface area contributed by atoms with Crippen LogP contribution in [0.15, 0.2) is 18.2 Å². The van der Waals surface area contributed by atoms with Gasteiger partial charge in [-0.3, -0.25) is 4.79 Å². The Balaban J connectivity index is 0.00000196. The molecule has 1 aromatic carbocycles. The monoisotopic (exact) mass is 374 g/mol. The second kappa shape index (κ2) is 7.80. The Morgan fingerprint density at radius 2 is 2.12 bits per heavy atom. The van der Waals surface area contributed by atoms with E-state index in [2.05, 4.69) is 42.7 Å². The Morgan fingerprint density at radius 1 is 1.27 bits per heavy atom. The van der Waals surface area contributed by atoms with E-state index in [1.54, 1.807) is 0 Å². The number of aryl methyl sites for hydroxylation is 2. The molecule has 1 amide bonds. The first-order valence-electron chi connectivity index (χ1n) is 9.33. The number of nitrogens with zero attached hydrogens (tertiary/aromatic N) is 2. The molecule has 0 saturated carbocycles. The quantitative estimate of drug-likeness (QED) is 0.868. The number of nitrogens with one attached hydrogen (secondary N) is 2. The van der Waals surface area contributed by atoms with Crippen LogP contribution in [0.1, 0.15) is 52.1 Å².